The van der Waals surface area contributed by atoms with E-state index in [2.05, 4.69) is 164 Å². The van der Waals surface area contributed by atoms with Crippen molar-refractivity contribution in [1.82, 2.24) is 19.3 Å². The first-order valence-corrected chi connectivity index (χ1v) is 19.0. The van der Waals surface area contributed by atoms with Crippen molar-refractivity contribution in [2.75, 3.05) is 0 Å². The third kappa shape index (κ3) is 7.44. The molecular formula is C48H52N4OPd. The molecule has 0 bridgehead atoms. The van der Waals surface area contributed by atoms with Crippen molar-refractivity contribution >= 4 is 21.8 Å². The summed E-state index contributed by atoms with van der Waals surface area (Å²) in [4.78, 5) is 4.85. The molecule has 0 aliphatic heterocycles. The van der Waals surface area contributed by atoms with Crippen LogP contribution in [0, 0.1) is 39.8 Å². The standard InChI is InChI=1S/C48H52N4O.Pd/c1-12-13-16-34-21-22-49-43(25-34)51-41-18-15-14-17-39(41)40-20-19-37(29-42(40)51)53-38-27-35(47(6,7)8)26-36(28-38)52-46(48(9,10)11)45(33(5)50-52)44-31(3)23-30(2)24-32(44)4;/h14-15,17-27H,12-13,16H2,1-11H3;/q-2;+2. The minimum atomic E-state index is -0.207. The van der Waals surface area contributed by atoms with Gasteiger partial charge in [0.05, 0.1) is 11.4 Å². The number of benzene rings is 4. The molecule has 0 atom stereocenters. The second-order valence-electron chi connectivity index (χ2n) is 16.8. The minimum Gasteiger partial charge on any atom is -0.509 e. The summed E-state index contributed by atoms with van der Waals surface area (Å²) < 4.78 is 11.1. The summed E-state index contributed by atoms with van der Waals surface area (Å²) in [6, 6.07) is 33.2. The molecule has 5 nitrogen and oxygen atoms in total. The summed E-state index contributed by atoms with van der Waals surface area (Å²) in [7, 11) is 0. The molecule has 0 spiro atoms. The number of aryl methyl sites for hydroxylation is 5. The van der Waals surface area contributed by atoms with Crippen LogP contribution in [0.3, 0.4) is 0 Å². The summed E-state index contributed by atoms with van der Waals surface area (Å²) in [5, 5.41) is 7.52. The predicted octanol–water partition coefficient (Wildman–Crippen LogP) is 12.6. The second kappa shape index (κ2) is 15.0. The van der Waals surface area contributed by atoms with Crippen molar-refractivity contribution in [2.45, 2.75) is 106 Å². The zero-order valence-electron chi connectivity index (χ0n) is 33.6. The van der Waals surface area contributed by atoms with E-state index in [0.29, 0.717) is 11.5 Å². The van der Waals surface area contributed by atoms with Gasteiger partial charge in [0.1, 0.15) is 5.82 Å². The fraction of sp³-hybridized carbons (Fsp3) is 0.333. The largest absolute Gasteiger partial charge is 2.00 e. The van der Waals surface area contributed by atoms with Crippen LogP contribution in [0.4, 0.5) is 0 Å². The first-order chi connectivity index (χ1) is 25.1. The minimum absolute atomic E-state index is 0. The SMILES string of the molecule is CCCCc1ccnc(-n2c3[c-]c(Oc4[c-]c(-n5nc(C)c(-c6c(C)cc(C)cc6C)c5C(C)(C)C)cc(C(C)(C)C)c4)ccc3c3ccccc32)c1.[Pd+2]. The molecule has 0 unspecified atom stereocenters. The molecule has 3 aromatic heterocycles. The van der Waals surface area contributed by atoms with Crippen LogP contribution in [0.15, 0.2) is 79.0 Å². The molecule has 3 heterocycles. The first-order valence-electron chi connectivity index (χ1n) is 19.0. The van der Waals surface area contributed by atoms with Gasteiger partial charge in [-0.25, -0.2) is 4.98 Å². The zero-order valence-corrected chi connectivity index (χ0v) is 35.2. The Morgan fingerprint density at radius 1 is 0.741 bits per heavy atom. The number of ether oxygens (including phenoxy) is 1. The van der Waals surface area contributed by atoms with Gasteiger partial charge in [-0.15, -0.1) is 41.3 Å². The van der Waals surface area contributed by atoms with Crippen LogP contribution < -0.4 is 4.74 Å². The molecule has 0 aliphatic rings. The van der Waals surface area contributed by atoms with Gasteiger partial charge in [-0.2, -0.15) is 11.2 Å². The van der Waals surface area contributed by atoms with E-state index >= 15 is 0 Å². The number of pyridine rings is 1. The Morgan fingerprint density at radius 2 is 1.46 bits per heavy atom. The van der Waals surface area contributed by atoms with Crippen LogP contribution in [0.1, 0.15) is 101 Å². The molecule has 0 fully saturated rings. The molecule has 0 aliphatic carbocycles. The normalized spacial score (nSPS) is 12.1. The van der Waals surface area contributed by atoms with Crippen molar-refractivity contribution in [3.63, 3.8) is 0 Å². The Kier molecular flexibility index (Phi) is 10.9. The van der Waals surface area contributed by atoms with Crippen LogP contribution in [0.5, 0.6) is 11.5 Å². The molecular weight excluding hydrogens is 755 g/mol. The molecule has 6 heteroatoms. The molecule has 0 saturated carbocycles. The number of fused-ring (bicyclic) bond motifs is 3. The Bertz CT molecular complexity index is 2470. The fourth-order valence-electron chi connectivity index (χ4n) is 7.81. The second-order valence-corrected chi connectivity index (χ2v) is 16.8. The van der Waals surface area contributed by atoms with E-state index in [0.717, 1.165) is 69.5 Å². The fourth-order valence-corrected chi connectivity index (χ4v) is 7.81. The summed E-state index contributed by atoms with van der Waals surface area (Å²) >= 11 is 0. The van der Waals surface area contributed by atoms with Crippen LogP contribution >= 0.6 is 0 Å². The summed E-state index contributed by atoms with van der Waals surface area (Å²) in [6.07, 6.45) is 5.25. The van der Waals surface area contributed by atoms with E-state index in [1.165, 1.54) is 33.4 Å². The number of para-hydroxylation sites is 1. The average Bonchev–Trinajstić information content (AvgIpc) is 3.61. The Balaban J connectivity index is 0.00000497. The number of rotatable bonds is 8. The van der Waals surface area contributed by atoms with Gasteiger partial charge in [0.25, 0.3) is 0 Å². The Labute approximate surface area is 335 Å². The Hall–Kier alpha value is -4.50. The van der Waals surface area contributed by atoms with Gasteiger partial charge >= 0.3 is 20.4 Å². The maximum Gasteiger partial charge on any atom is 2.00 e. The van der Waals surface area contributed by atoms with E-state index in [1.54, 1.807) is 0 Å². The number of aromatic nitrogens is 4. The van der Waals surface area contributed by atoms with Crippen molar-refractivity contribution < 1.29 is 25.2 Å². The first kappa shape index (κ1) is 39.2. The average molecular weight is 807 g/mol. The summed E-state index contributed by atoms with van der Waals surface area (Å²) in [5.74, 6) is 2.14. The number of hydrogen-bond acceptors (Lipinski definition) is 3. The summed E-state index contributed by atoms with van der Waals surface area (Å²) in [6.45, 7) is 24.5. The van der Waals surface area contributed by atoms with E-state index in [1.807, 2.05) is 12.3 Å². The van der Waals surface area contributed by atoms with Crippen molar-refractivity contribution in [3.05, 3.63) is 130 Å². The van der Waals surface area contributed by atoms with Crippen LogP contribution in [-0.4, -0.2) is 19.3 Å². The smallest absolute Gasteiger partial charge is 0.509 e. The maximum absolute atomic E-state index is 6.76. The van der Waals surface area contributed by atoms with Gasteiger partial charge in [-0.1, -0.05) is 96.3 Å². The molecule has 4 aromatic carbocycles. The van der Waals surface area contributed by atoms with Crippen LogP contribution in [-0.2, 0) is 37.7 Å². The van der Waals surface area contributed by atoms with E-state index in [9.17, 15) is 0 Å². The molecule has 0 N–H and O–H groups in total. The molecule has 280 valence electrons. The number of nitrogens with zero attached hydrogens (tertiary/aromatic N) is 4. The Morgan fingerprint density at radius 3 is 2.15 bits per heavy atom. The molecule has 7 aromatic rings. The molecule has 0 radical (unpaired) electrons. The topological polar surface area (TPSA) is 44.9 Å². The summed E-state index contributed by atoms with van der Waals surface area (Å²) in [5.41, 5.74) is 13.4. The third-order valence-electron chi connectivity index (χ3n) is 10.3. The molecule has 7 rings (SSSR count). The molecule has 54 heavy (non-hydrogen) atoms. The maximum atomic E-state index is 6.76. The third-order valence-corrected chi connectivity index (χ3v) is 10.3. The van der Waals surface area contributed by atoms with Crippen molar-refractivity contribution in [2.24, 2.45) is 0 Å². The van der Waals surface area contributed by atoms with Crippen molar-refractivity contribution in [1.29, 1.82) is 0 Å². The van der Waals surface area contributed by atoms with Gasteiger partial charge in [-0.3, -0.25) is 4.68 Å². The predicted molar refractivity (Wildman–Crippen MR) is 220 cm³/mol. The van der Waals surface area contributed by atoms with Gasteiger partial charge < -0.3 is 9.30 Å². The molecule has 0 amide bonds. The van der Waals surface area contributed by atoms with E-state index in [4.69, 9.17) is 14.8 Å². The number of unbranched alkanes of at least 4 members (excludes halogenated alkanes) is 1. The van der Waals surface area contributed by atoms with Gasteiger partial charge in [-0.05, 0) is 97.5 Å². The van der Waals surface area contributed by atoms with Gasteiger partial charge in [0, 0.05) is 34.2 Å². The van der Waals surface area contributed by atoms with Crippen LogP contribution in [0.2, 0.25) is 0 Å². The quantitative estimate of drug-likeness (QED) is 0.113. The van der Waals surface area contributed by atoms with E-state index < -0.39 is 0 Å². The zero-order chi connectivity index (χ0) is 37.8. The molecule has 0 saturated heterocycles. The van der Waals surface area contributed by atoms with Gasteiger partial charge in [0.15, 0.2) is 0 Å². The van der Waals surface area contributed by atoms with Gasteiger partial charge in [0.2, 0.25) is 0 Å². The van der Waals surface area contributed by atoms with Crippen molar-refractivity contribution in [3.8, 4) is 34.1 Å². The monoisotopic (exact) mass is 806 g/mol. The van der Waals surface area contributed by atoms with Crippen LogP contribution in [0.25, 0.3) is 44.4 Å². The number of hydrogen-bond donors (Lipinski definition) is 0. The van der Waals surface area contributed by atoms with E-state index in [-0.39, 0.29) is 31.3 Å².